The van der Waals surface area contributed by atoms with Gasteiger partial charge in [-0.1, -0.05) is 53.5 Å². The number of halogens is 2. The molecule has 3 aromatic carbocycles. The zero-order valence-electron chi connectivity index (χ0n) is 24.7. The molecule has 1 saturated heterocycles. The van der Waals surface area contributed by atoms with Crippen LogP contribution < -0.4 is 14.8 Å². The Morgan fingerprint density at radius 1 is 0.952 bits per heavy atom. The lowest BCUT2D eigenvalue weighted by atomic mass is 9.83. The van der Waals surface area contributed by atoms with Crippen molar-refractivity contribution in [2.45, 2.75) is 58.5 Å². The first-order valence-electron chi connectivity index (χ1n) is 15.2. The normalized spacial score (nSPS) is 23.1. The lowest BCUT2D eigenvalue weighted by molar-refractivity contribution is -0.138. The number of carbonyl (C=O) groups excluding carboxylic acids is 1. The summed E-state index contributed by atoms with van der Waals surface area (Å²) in [6.07, 6.45) is 3.26. The number of benzene rings is 3. The fourth-order valence-electron chi connectivity index (χ4n) is 6.97. The van der Waals surface area contributed by atoms with Crippen LogP contribution >= 0.6 is 23.2 Å². The monoisotopic (exact) mass is 606 g/mol. The number of rotatable bonds is 10. The Hall–Kier alpha value is -2.73. The predicted octanol–water partition coefficient (Wildman–Crippen LogP) is 7.51. The van der Waals surface area contributed by atoms with Crippen molar-refractivity contribution >= 4 is 29.1 Å². The van der Waals surface area contributed by atoms with Gasteiger partial charge in [0, 0.05) is 18.5 Å². The molecule has 5 nitrogen and oxygen atoms in total. The molecule has 0 spiro atoms. The van der Waals surface area contributed by atoms with Crippen molar-refractivity contribution < 1.29 is 14.3 Å². The van der Waals surface area contributed by atoms with Crippen LogP contribution in [0, 0.1) is 38.5 Å². The molecule has 2 aliphatic carbocycles. The summed E-state index contributed by atoms with van der Waals surface area (Å²) in [5.74, 6) is 2.75. The Morgan fingerprint density at radius 2 is 1.67 bits per heavy atom. The number of hydrogen-bond donors (Lipinski definition) is 1. The van der Waals surface area contributed by atoms with Crippen LogP contribution in [0.25, 0.3) is 0 Å². The third kappa shape index (κ3) is 6.15. The first-order valence-corrected chi connectivity index (χ1v) is 15.9. The summed E-state index contributed by atoms with van der Waals surface area (Å²) in [4.78, 5) is 16.6. The molecule has 3 fully saturated rings. The second kappa shape index (κ2) is 12.5. The molecule has 222 valence electrons. The van der Waals surface area contributed by atoms with E-state index in [4.69, 9.17) is 32.7 Å². The maximum Gasteiger partial charge on any atom is 0.227 e. The molecule has 0 aromatic heterocycles. The average molecular weight is 608 g/mol. The maximum atomic E-state index is 14.4. The molecule has 0 bridgehead atoms. The molecule has 7 heteroatoms. The molecule has 0 unspecified atom stereocenters. The van der Waals surface area contributed by atoms with E-state index in [0.717, 1.165) is 43.7 Å². The van der Waals surface area contributed by atoms with Crippen molar-refractivity contribution in [2.24, 2.45) is 17.8 Å². The Balaban J connectivity index is 1.13. The molecule has 2 saturated carbocycles. The minimum atomic E-state index is -0.000102. The summed E-state index contributed by atoms with van der Waals surface area (Å²) in [6, 6.07) is 18.8. The number of carbonyl (C=O) groups is 1. The van der Waals surface area contributed by atoms with Crippen molar-refractivity contribution in [1.82, 2.24) is 10.2 Å². The van der Waals surface area contributed by atoms with Crippen LogP contribution in [-0.4, -0.2) is 43.2 Å². The topological polar surface area (TPSA) is 50.8 Å². The number of hydrogen-bond acceptors (Lipinski definition) is 4. The molecule has 1 heterocycles. The standard InChI is InChI=1S/C35H40Cl2N2O3/c1-21-15-31(36)34(32(37)16-21)42-14-13-41-28-11-7-24(8-12-28)29-17-26-18-38-19-30(26)33(29)35(40)39(27-9-10-27)20-25-6-4-5-22(2)23(25)3/h4-8,11-12,15-16,26-27,29-30,33,38H,9-10,13-14,17-20H2,1-3H3/t26-,29-,30+,33+/m0/s1. The number of ether oxygens (including phenoxy) is 2. The van der Waals surface area contributed by atoms with Gasteiger partial charge in [-0.3, -0.25) is 4.79 Å². The van der Waals surface area contributed by atoms with Crippen LogP contribution in [0.5, 0.6) is 11.5 Å². The third-order valence-corrected chi connectivity index (χ3v) is 10.1. The van der Waals surface area contributed by atoms with Gasteiger partial charge >= 0.3 is 0 Å². The smallest absolute Gasteiger partial charge is 0.227 e. The number of nitrogens with one attached hydrogen (secondary N) is 1. The summed E-state index contributed by atoms with van der Waals surface area (Å²) in [5.41, 5.74) is 6.06. The fraction of sp³-hybridized carbons (Fsp3) is 0.457. The minimum Gasteiger partial charge on any atom is -0.490 e. The van der Waals surface area contributed by atoms with E-state index in [9.17, 15) is 4.79 Å². The van der Waals surface area contributed by atoms with E-state index in [1.54, 1.807) is 0 Å². The van der Waals surface area contributed by atoms with Crippen LogP contribution in [-0.2, 0) is 11.3 Å². The molecule has 42 heavy (non-hydrogen) atoms. The van der Waals surface area contributed by atoms with Crippen LogP contribution in [0.1, 0.15) is 53.0 Å². The van der Waals surface area contributed by atoms with Crippen molar-refractivity contribution in [2.75, 3.05) is 26.3 Å². The van der Waals surface area contributed by atoms with E-state index in [1.807, 2.05) is 31.2 Å². The van der Waals surface area contributed by atoms with Gasteiger partial charge in [0.15, 0.2) is 5.75 Å². The lowest BCUT2D eigenvalue weighted by Gasteiger charge is -2.32. The molecule has 1 aliphatic heterocycles. The molecule has 3 aromatic rings. The van der Waals surface area contributed by atoms with Gasteiger partial charge in [-0.2, -0.15) is 0 Å². The van der Waals surface area contributed by atoms with Crippen LogP contribution in [0.2, 0.25) is 10.0 Å². The van der Waals surface area contributed by atoms with Gasteiger partial charge in [0.05, 0.1) is 10.0 Å². The van der Waals surface area contributed by atoms with Gasteiger partial charge in [-0.05, 0) is 123 Å². The molecular formula is C35H40Cl2N2O3. The van der Waals surface area contributed by atoms with Crippen LogP contribution in [0.3, 0.4) is 0 Å². The number of nitrogens with zero attached hydrogens (tertiary/aromatic N) is 1. The Kier molecular flexibility index (Phi) is 8.72. The Labute approximate surface area is 259 Å². The molecular weight excluding hydrogens is 567 g/mol. The SMILES string of the molecule is Cc1cc(Cl)c(OCCOc2ccc([C@@H]3C[C@H]4CNC[C@H]4[C@@H]3C(=O)N(Cc3cccc(C)c3C)C3CC3)cc2)c(Cl)c1. The Morgan fingerprint density at radius 3 is 2.38 bits per heavy atom. The van der Waals surface area contributed by atoms with Gasteiger partial charge in [0.1, 0.15) is 19.0 Å². The fourth-order valence-corrected chi connectivity index (χ4v) is 7.68. The van der Waals surface area contributed by atoms with Crippen molar-refractivity contribution in [3.8, 4) is 11.5 Å². The molecule has 3 aliphatic rings. The van der Waals surface area contributed by atoms with Crippen molar-refractivity contribution in [3.63, 3.8) is 0 Å². The zero-order chi connectivity index (χ0) is 29.4. The molecule has 1 amide bonds. The largest absolute Gasteiger partial charge is 0.490 e. The van der Waals surface area contributed by atoms with E-state index in [2.05, 4.69) is 54.4 Å². The van der Waals surface area contributed by atoms with Gasteiger partial charge in [0.25, 0.3) is 0 Å². The van der Waals surface area contributed by atoms with Crippen LogP contribution in [0.15, 0.2) is 54.6 Å². The van der Waals surface area contributed by atoms with Gasteiger partial charge in [-0.25, -0.2) is 0 Å². The summed E-state index contributed by atoms with van der Waals surface area (Å²) >= 11 is 12.6. The minimum absolute atomic E-state index is 0.000102. The van der Waals surface area contributed by atoms with E-state index < -0.39 is 0 Å². The second-order valence-corrected chi connectivity index (χ2v) is 13.1. The van der Waals surface area contributed by atoms with Gasteiger partial charge < -0.3 is 19.7 Å². The highest BCUT2D eigenvalue weighted by atomic mass is 35.5. The van der Waals surface area contributed by atoms with Crippen molar-refractivity contribution in [1.29, 1.82) is 0 Å². The predicted molar refractivity (Wildman–Crippen MR) is 169 cm³/mol. The molecule has 6 rings (SSSR count). The zero-order valence-corrected chi connectivity index (χ0v) is 26.2. The van der Waals surface area contributed by atoms with E-state index in [-0.39, 0.29) is 11.8 Å². The van der Waals surface area contributed by atoms with E-state index >= 15 is 0 Å². The van der Waals surface area contributed by atoms with Crippen LogP contribution in [0.4, 0.5) is 0 Å². The lowest BCUT2D eigenvalue weighted by Crippen LogP contribution is -2.41. The van der Waals surface area contributed by atoms with Gasteiger partial charge in [0.2, 0.25) is 5.91 Å². The average Bonchev–Trinajstić information content (AvgIpc) is 3.59. The summed E-state index contributed by atoms with van der Waals surface area (Å²) < 4.78 is 11.8. The highest BCUT2D eigenvalue weighted by molar-refractivity contribution is 6.37. The highest BCUT2D eigenvalue weighted by Gasteiger charge is 2.51. The Bertz CT molecular complexity index is 1420. The molecule has 0 radical (unpaired) electrons. The van der Waals surface area contributed by atoms with Gasteiger partial charge in [-0.15, -0.1) is 0 Å². The number of fused-ring (bicyclic) bond motifs is 1. The van der Waals surface area contributed by atoms with Crippen molar-refractivity contribution in [3.05, 3.63) is 92.5 Å². The summed E-state index contributed by atoms with van der Waals surface area (Å²) in [7, 11) is 0. The quantitative estimate of drug-likeness (QED) is 0.243. The van der Waals surface area contributed by atoms with E-state index in [0.29, 0.717) is 59.3 Å². The first kappa shape index (κ1) is 29.3. The highest BCUT2D eigenvalue weighted by Crippen LogP contribution is 2.50. The first-order chi connectivity index (χ1) is 20.3. The number of amides is 1. The molecule has 1 N–H and O–H groups in total. The second-order valence-electron chi connectivity index (χ2n) is 12.3. The van der Waals surface area contributed by atoms with E-state index in [1.165, 1.54) is 22.3 Å². The third-order valence-electron chi connectivity index (χ3n) is 9.51. The summed E-state index contributed by atoms with van der Waals surface area (Å²) in [5, 5.41) is 4.57. The molecule has 4 atom stereocenters. The summed E-state index contributed by atoms with van der Waals surface area (Å²) in [6.45, 7) is 9.61. The number of aryl methyl sites for hydroxylation is 2. The maximum absolute atomic E-state index is 14.4.